The Bertz CT molecular complexity index is 655. The Morgan fingerprint density at radius 2 is 2.21 bits per heavy atom. The molecule has 0 amide bonds. The number of nitrogens with zero attached hydrogens (tertiary/aromatic N) is 2. The Hall–Kier alpha value is -1.58. The van der Waals surface area contributed by atoms with Gasteiger partial charge in [0.15, 0.2) is 0 Å². The fourth-order valence-corrected chi connectivity index (χ4v) is 2.42. The predicted octanol–water partition coefficient (Wildman–Crippen LogP) is 4.28. The standard InChI is InChI=1S/C13H9BrFN3S/c1-8-12(5-10(14)7-17-8)18-19-13-3-2-9(6-16)4-11(13)15/h2-5,7,18H,1H3. The number of nitrogens with one attached hydrogen (secondary N) is 1. The zero-order chi connectivity index (χ0) is 13.8. The number of pyridine rings is 1. The van der Waals surface area contributed by atoms with Gasteiger partial charge in [0.2, 0.25) is 0 Å². The number of rotatable bonds is 3. The van der Waals surface area contributed by atoms with E-state index in [0.717, 1.165) is 27.8 Å². The molecule has 0 atom stereocenters. The molecule has 1 aromatic carbocycles. The molecule has 1 aromatic heterocycles. The predicted molar refractivity (Wildman–Crippen MR) is 77.3 cm³/mol. The third-order valence-corrected chi connectivity index (χ3v) is 3.69. The van der Waals surface area contributed by atoms with Crippen LogP contribution >= 0.6 is 27.9 Å². The molecule has 1 heterocycles. The van der Waals surface area contributed by atoms with E-state index < -0.39 is 5.82 Å². The molecule has 0 radical (unpaired) electrons. The third kappa shape index (κ3) is 3.46. The van der Waals surface area contributed by atoms with Crippen LogP contribution in [0.25, 0.3) is 0 Å². The van der Waals surface area contributed by atoms with Crippen LogP contribution in [0.1, 0.15) is 11.3 Å². The van der Waals surface area contributed by atoms with Gasteiger partial charge in [0, 0.05) is 10.7 Å². The fraction of sp³-hybridized carbons (Fsp3) is 0.0769. The van der Waals surface area contributed by atoms with Crippen molar-refractivity contribution in [3.05, 3.63) is 52.0 Å². The lowest BCUT2D eigenvalue weighted by molar-refractivity contribution is 0.601. The lowest BCUT2D eigenvalue weighted by Crippen LogP contribution is -1.94. The molecule has 19 heavy (non-hydrogen) atoms. The lowest BCUT2D eigenvalue weighted by atomic mass is 10.2. The van der Waals surface area contributed by atoms with Crippen molar-refractivity contribution < 1.29 is 4.39 Å². The average Bonchev–Trinajstić information content (AvgIpc) is 2.40. The number of hydrogen-bond acceptors (Lipinski definition) is 4. The maximum atomic E-state index is 13.7. The highest BCUT2D eigenvalue weighted by Crippen LogP contribution is 2.27. The van der Waals surface area contributed by atoms with Crippen LogP contribution in [-0.2, 0) is 0 Å². The van der Waals surface area contributed by atoms with Crippen LogP contribution in [0.2, 0.25) is 0 Å². The SMILES string of the molecule is Cc1ncc(Br)cc1NSc1ccc(C#N)cc1F. The van der Waals surface area contributed by atoms with E-state index in [-0.39, 0.29) is 0 Å². The highest BCUT2D eigenvalue weighted by atomic mass is 79.9. The van der Waals surface area contributed by atoms with Crippen LogP contribution in [0, 0.1) is 24.1 Å². The molecule has 0 saturated carbocycles. The number of hydrogen-bond donors (Lipinski definition) is 1. The minimum atomic E-state index is -0.419. The smallest absolute Gasteiger partial charge is 0.139 e. The lowest BCUT2D eigenvalue weighted by Gasteiger charge is -2.09. The van der Waals surface area contributed by atoms with E-state index in [9.17, 15) is 4.39 Å². The van der Waals surface area contributed by atoms with Gasteiger partial charge >= 0.3 is 0 Å². The van der Waals surface area contributed by atoms with Crippen molar-refractivity contribution >= 4 is 33.6 Å². The topological polar surface area (TPSA) is 48.7 Å². The molecule has 3 nitrogen and oxygen atoms in total. The molecule has 0 spiro atoms. The summed E-state index contributed by atoms with van der Waals surface area (Å²) in [5, 5.41) is 8.68. The van der Waals surface area contributed by atoms with E-state index in [4.69, 9.17) is 5.26 Å². The summed E-state index contributed by atoms with van der Waals surface area (Å²) in [6.07, 6.45) is 1.70. The van der Waals surface area contributed by atoms with Gasteiger partial charge in [-0.1, -0.05) is 0 Å². The molecule has 0 aliphatic carbocycles. The monoisotopic (exact) mass is 337 g/mol. The molecule has 0 aliphatic heterocycles. The van der Waals surface area contributed by atoms with E-state index in [2.05, 4.69) is 25.6 Å². The van der Waals surface area contributed by atoms with Crippen molar-refractivity contribution in [2.24, 2.45) is 0 Å². The van der Waals surface area contributed by atoms with Crippen LogP contribution in [0.3, 0.4) is 0 Å². The van der Waals surface area contributed by atoms with Crippen molar-refractivity contribution in [2.45, 2.75) is 11.8 Å². The highest BCUT2D eigenvalue weighted by molar-refractivity contribution is 9.10. The first kappa shape index (κ1) is 13.8. The van der Waals surface area contributed by atoms with Gasteiger partial charge in [-0.25, -0.2) is 4.39 Å². The van der Waals surface area contributed by atoms with Gasteiger partial charge in [-0.3, -0.25) is 4.98 Å². The van der Waals surface area contributed by atoms with Gasteiger partial charge in [0.1, 0.15) is 5.82 Å². The van der Waals surface area contributed by atoms with E-state index in [0.29, 0.717) is 10.5 Å². The van der Waals surface area contributed by atoms with Gasteiger partial charge in [0.25, 0.3) is 0 Å². The Morgan fingerprint density at radius 1 is 1.42 bits per heavy atom. The van der Waals surface area contributed by atoms with Crippen LogP contribution in [-0.4, -0.2) is 4.98 Å². The van der Waals surface area contributed by atoms with Crippen molar-refractivity contribution in [3.8, 4) is 6.07 Å². The van der Waals surface area contributed by atoms with Gasteiger partial charge < -0.3 is 4.72 Å². The maximum absolute atomic E-state index is 13.7. The molecular formula is C13H9BrFN3S. The van der Waals surface area contributed by atoms with Crippen molar-refractivity contribution in [1.29, 1.82) is 5.26 Å². The largest absolute Gasteiger partial charge is 0.324 e. The summed E-state index contributed by atoms with van der Waals surface area (Å²) in [5.74, 6) is -0.419. The minimum absolute atomic E-state index is 0.308. The van der Waals surface area contributed by atoms with Crippen molar-refractivity contribution in [1.82, 2.24) is 4.98 Å². The maximum Gasteiger partial charge on any atom is 0.139 e. The first-order valence-electron chi connectivity index (χ1n) is 5.35. The summed E-state index contributed by atoms with van der Waals surface area (Å²) in [7, 11) is 0. The average molecular weight is 338 g/mol. The van der Waals surface area contributed by atoms with Crippen LogP contribution in [0.5, 0.6) is 0 Å². The second-order valence-electron chi connectivity index (χ2n) is 3.75. The molecule has 0 fully saturated rings. The van der Waals surface area contributed by atoms with E-state index >= 15 is 0 Å². The minimum Gasteiger partial charge on any atom is -0.324 e. The Labute approximate surface area is 123 Å². The summed E-state index contributed by atoms with van der Waals surface area (Å²) in [4.78, 5) is 4.61. The quantitative estimate of drug-likeness (QED) is 0.849. The molecular weight excluding hydrogens is 329 g/mol. The van der Waals surface area contributed by atoms with E-state index in [1.165, 1.54) is 6.07 Å². The summed E-state index contributed by atoms with van der Waals surface area (Å²) in [6.45, 7) is 1.87. The van der Waals surface area contributed by atoms with Crippen molar-refractivity contribution in [2.75, 3.05) is 4.72 Å². The number of nitriles is 1. The van der Waals surface area contributed by atoms with Crippen LogP contribution in [0.4, 0.5) is 10.1 Å². The second-order valence-corrected chi connectivity index (χ2v) is 5.51. The van der Waals surface area contributed by atoms with Crippen LogP contribution in [0.15, 0.2) is 39.8 Å². The van der Waals surface area contributed by atoms with Gasteiger partial charge in [-0.05, 0) is 59.1 Å². The van der Waals surface area contributed by atoms with Crippen molar-refractivity contribution in [3.63, 3.8) is 0 Å². The zero-order valence-corrected chi connectivity index (χ0v) is 12.3. The first-order chi connectivity index (χ1) is 9.10. The molecule has 2 rings (SSSR count). The number of benzene rings is 1. The fourth-order valence-electron chi connectivity index (χ4n) is 1.37. The summed E-state index contributed by atoms with van der Waals surface area (Å²) >= 11 is 4.48. The van der Waals surface area contributed by atoms with E-state index in [1.807, 2.05) is 19.1 Å². The van der Waals surface area contributed by atoms with Gasteiger partial charge in [-0.15, -0.1) is 0 Å². The molecule has 0 bridgehead atoms. The normalized spacial score (nSPS) is 10.0. The molecule has 0 unspecified atom stereocenters. The van der Waals surface area contributed by atoms with Crippen LogP contribution < -0.4 is 4.72 Å². The Kier molecular flexibility index (Phi) is 4.40. The Morgan fingerprint density at radius 3 is 2.89 bits per heavy atom. The molecule has 1 N–H and O–H groups in total. The van der Waals surface area contributed by atoms with E-state index in [1.54, 1.807) is 18.3 Å². The number of aryl methyl sites for hydroxylation is 1. The van der Waals surface area contributed by atoms with Gasteiger partial charge in [-0.2, -0.15) is 5.26 Å². The number of halogens is 2. The summed E-state index contributed by atoms with van der Waals surface area (Å²) in [6, 6.07) is 8.15. The summed E-state index contributed by atoms with van der Waals surface area (Å²) < 4.78 is 17.6. The van der Waals surface area contributed by atoms with Gasteiger partial charge in [0.05, 0.1) is 27.9 Å². The molecule has 6 heteroatoms. The third-order valence-electron chi connectivity index (χ3n) is 2.39. The second kappa shape index (κ2) is 6.04. The first-order valence-corrected chi connectivity index (χ1v) is 6.96. The molecule has 96 valence electrons. The summed E-state index contributed by atoms with van der Waals surface area (Å²) in [5.41, 5.74) is 1.94. The number of anilines is 1. The highest BCUT2D eigenvalue weighted by Gasteiger charge is 2.06. The zero-order valence-electron chi connectivity index (χ0n) is 9.95. The molecule has 2 aromatic rings. The Balaban J connectivity index is 2.15. The molecule has 0 saturated heterocycles. The number of aromatic nitrogens is 1. The molecule has 0 aliphatic rings.